The number of benzene rings is 1. The van der Waals surface area contributed by atoms with Gasteiger partial charge in [0, 0.05) is 19.0 Å². The van der Waals surface area contributed by atoms with E-state index in [0.29, 0.717) is 28.8 Å². The first-order chi connectivity index (χ1) is 10.5. The number of carbonyl (C=O) groups is 2. The first kappa shape index (κ1) is 18.6. The van der Waals surface area contributed by atoms with Crippen molar-refractivity contribution in [1.29, 1.82) is 0 Å². The topological polar surface area (TPSA) is 75.6 Å². The molecule has 0 unspecified atom stereocenters. The minimum Gasteiger partial charge on any atom is -0.484 e. The minimum atomic E-state index is -0.771. The van der Waals surface area contributed by atoms with Crippen LogP contribution >= 0.6 is 23.2 Å². The molecule has 0 bridgehead atoms. The van der Waals surface area contributed by atoms with E-state index in [0.717, 1.165) is 19.3 Å². The average Bonchev–Trinajstić information content (AvgIpc) is 2.47. The van der Waals surface area contributed by atoms with Crippen molar-refractivity contribution < 1.29 is 19.4 Å². The molecule has 0 radical (unpaired) electrons. The summed E-state index contributed by atoms with van der Waals surface area (Å²) in [7, 11) is 0. The van der Waals surface area contributed by atoms with Gasteiger partial charge in [0.25, 0.3) is 5.91 Å². The highest BCUT2D eigenvalue weighted by Gasteiger charge is 2.04. The molecule has 0 saturated carbocycles. The molecule has 0 aromatic heterocycles. The van der Waals surface area contributed by atoms with Crippen LogP contribution in [0.5, 0.6) is 5.75 Å². The Morgan fingerprint density at radius 2 is 1.82 bits per heavy atom. The number of unbranched alkanes of at least 4 members (excludes halogenated alkanes) is 3. The van der Waals surface area contributed by atoms with Gasteiger partial charge in [-0.3, -0.25) is 9.59 Å². The van der Waals surface area contributed by atoms with Gasteiger partial charge in [-0.2, -0.15) is 0 Å². The Bertz CT molecular complexity index is 508. The standard InChI is InChI=1S/C15H19Cl2NO4/c16-12-7-6-11(9-13(12)17)22-10-14(19)18-8-4-2-1-3-5-15(20)21/h6-7,9H,1-5,8,10H2,(H,18,19)(H,20,21). The summed E-state index contributed by atoms with van der Waals surface area (Å²) in [6.45, 7) is 0.466. The number of hydrogen-bond acceptors (Lipinski definition) is 3. The van der Waals surface area contributed by atoms with Gasteiger partial charge in [-0.1, -0.05) is 36.0 Å². The van der Waals surface area contributed by atoms with E-state index < -0.39 is 5.97 Å². The number of nitrogens with one attached hydrogen (secondary N) is 1. The normalized spacial score (nSPS) is 10.3. The second-order valence-electron chi connectivity index (χ2n) is 4.77. The van der Waals surface area contributed by atoms with Gasteiger partial charge in [-0.15, -0.1) is 0 Å². The van der Waals surface area contributed by atoms with Crippen molar-refractivity contribution in [2.45, 2.75) is 32.1 Å². The van der Waals surface area contributed by atoms with Crippen LogP contribution in [-0.2, 0) is 9.59 Å². The van der Waals surface area contributed by atoms with Gasteiger partial charge in [0.15, 0.2) is 6.61 Å². The van der Waals surface area contributed by atoms with E-state index in [1.807, 2.05) is 0 Å². The van der Waals surface area contributed by atoms with E-state index in [1.54, 1.807) is 18.2 Å². The minimum absolute atomic E-state index is 0.0863. The number of carboxylic acid groups (broad SMARTS) is 1. The van der Waals surface area contributed by atoms with Gasteiger partial charge < -0.3 is 15.2 Å². The summed E-state index contributed by atoms with van der Waals surface area (Å²) in [6, 6.07) is 4.80. The van der Waals surface area contributed by atoms with E-state index in [1.165, 1.54) is 0 Å². The molecule has 0 heterocycles. The van der Waals surface area contributed by atoms with Crippen LogP contribution in [0.15, 0.2) is 18.2 Å². The summed E-state index contributed by atoms with van der Waals surface area (Å²) in [5, 5.41) is 12.0. The zero-order valence-electron chi connectivity index (χ0n) is 12.1. The third-order valence-corrected chi connectivity index (χ3v) is 3.64. The van der Waals surface area contributed by atoms with Crippen molar-refractivity contribution in [3.8, 4) is 5.75 Å². The van der Waals surface area contributed by atoms with Gasteiger partial charge in [0.2, 0.25) is 0 Å². The fourth-order valence-corrected chi connectivity index (χ4v) is 2.04. The van der Waals surface area contributed by atoms with Crippen molar-refractivity contribution >= 4 is 35.1 Å². The van der Waals surface area contributed by atoms with Gasteiger partial charge in [-0.05, 0) is 25.0 Å². The lowest BCUT2D eigenvalue weighted by atomic mass is 10.1. The molecule has 0 saturated heterocycles. The van der Waals surface area contributed by atoms with Crippen LogP contribution in [0.4, 0.5) is 0 Å². The molecule has 1 rings (SSSR count). The number of ether oxygens (including phenoxy) is 1. The molecule has 7 heteroatoms. The molecule has 0 aliphatic carbocycles. The molecule has 1 aromatic rings. The molecule has 0 aliphatic rings. The molecule has 1 aromatic carbocycles. The molecule has 22 heavy (non-hydrogen) atoms. The Morgan fingerprint density at radius 3 is 2.50 bits per heavy atom. The van der Waals surface area contributed by atoms with Crippen molar-refractivity contribution in [1.82, 2.24) is 5.32 Å². The van der Waals surface area contributed by atoms with Crippen LogP contribution in [0.25, 0.3) is 0 Å². The summed E-state index contributed by atoms with van der Waals surface area (Å²) in [5.41, 5.74) is 0. The predicted molar refractivity (Wildman–Crippen MR) is 85.7 cm³/mol. The fraction of sp³-hybridized carbons (Fsp3) is 0.467. The number of aliphatic carboxylic acids is 1. The Morgan fingerprint density at radius 1 is 1.09 bits per heavy atom. The molecule has 2 N–H and O–H groups in total. The summed E-state index contributed by atoms with van der Waals surface area (Å²) < 4.78 is 5.31. The van der Waals surface area contributed by atoms with Crippen LogP contribution in [0.3, 0.4) is 0 Å². The summed E-state index contributed by atoms with van der Waals surface area (Å²) >= 11 is 11.6. The number of amides is 1. The Labute approximate surface area is 139 Å². The maximum Gasteiger partial charge on any atom is 0.303 e. The van der Waals surface area contributed by atoms with Crippen LogP contribution in [0.2, 0.25) is 10.0 Å². The number of carboxylic acids is 1. The Kier molecular flexibility index (Phi) is 8.70. The second-order valence-corrected chi connectivity index (χ2v) is 5.59. The lowest BCUT2D eigenvalue weighted by Gasteiger charge is -2.08. The molecule has 0 spiro atoms. The summed E-state index contributed by atoms with van der Waals surface area (Å²) in [5.74, 6) is -0.498. The summed E-state index contributed by atoms with van der Waals surface area (Å²) in [4.78, 5) is 21.9. The van der Waals surface area contributed by atoms with Crippen molar-refractivity contribution in [2.75, 3.05) is 13.2 Å². The van der Waals surface area contributed by atoms with Crippen LogP contribution in [-0.4, -0.2) is 30.1 Å². The molecule has 1 amide bonds. The number of carbonyl (C=O) groups excluding carboxylic acids is 1. The molecular weight excluding hydrogens is 329 g/mol. The highest BCUT2D eigenvalue weighted by atomic mass is 35.5. The largest absolute Gasteiger partial charge is 0.484 e. The zero-order valence-corrected chi connectivity index (χ0v) is 13.6. The Hall–Kier alpha value is -1.46. The monoisotopic (exact) mass is 347 g/mol. The third-order valence-electron chi connectivity index (χ3n) is 2.90. The molecule has 0 atom stereocenters. The maximum atomic E-state index is 11.6. The third kappa shape index (κ3) is 8.10. The molecule has 5 nitrogen and oxygen atoms in total. The molecule has 0 aliphatic heterocycles. The lowest BCUT2D eigenvalue weighted by Crippen LogP contribution is -2.29. The van der Waals surface area contributed by atoms with E-state index in [4.69, 9.17) is 33.0 Å². The van der Waals surface area contributed by atoms with Crippen LogP contribution in [0, 0.1) is 0 Å². The number of hydrogen-bond donors (Lipinski definition) is 2. The Balaban J connectivity index is 2.08. The summed E-state index contributed by atoms with van der Waals surface area (Å²) in [6.07, 6.45) is 3.43. The highest BCUT2D eigenvalue weighted by molar-refractivity contribution is 6.42. The van der Waals surface area contributed by atoms with E-state index in [9.17, 15) is 9.59 Å². The number of rotatable bonds is 10. The second kappa shape index (κ2) is 10.3. The van der Waals surface area contributed by atoms with Crippen LogP contribution in [0.1, 0.15) is 32.1 Å². The number of halogens is 2. The first-order valence-corrected chi connectivity index (χ1v) is 7.81. The van der Waals surface area contributed by atoms with E-state index in [2.05, 4.69) is 5.32 Å². The maximum absolute atomic E-state index is 11.6. The lowest BCUT2D eigenvalue weighted by molar-refractivity contribution is -0.137. The molecular formula is C15H19Cl2NO4. The quantitative estimate of drug-likeness (QED) is 0.635. The SMILES string of the molecule is O=C(O)CCCCCCNC(=O)COc1ccc(Cl)c(Cl)c1. The van der Waals surface area contributed by atoms with Crippen molar-refractivity contribution in [2.24, 2.45) is 0 Å². The smallest absolute Gasteiger partial charge is 0.303 e. The van der Waals surface area contributed by atoms with Crippen LogP contribution < -0.4 is 10.1 Å². The van der Waals surface area contributed by atoms with Gasteiger partial charge in [-0.25, -0.2) is 0 Å². The zero-order chi connectivity index (χ0) is 16.4. The molecule has 0 fully saturated rings. The van der Waals surface area contributed by atoms with Crippen molar-refractivity contribution in [3.05, 3.63) is 28.2 Å². The highest BCUT2D eigenvalue weighted by Crippen LogP contribution is 2.26. The average molecular weight is 348 g/mol. The van der Waals surface area contributed by atoms with Gasteiger partial charge >= 0.3 is 5.97 Å². The van der Waals surface area contributed by atoms with Crippen molar-refractivity contribution in [3.63, 3.8) is 0 Å². The first-order valence-electron chi connectivity index (χ1n) is 7.05. The van der Waals surface area contributed by atoms with Gasteiger partial charge in [0.1, 0.15) is 5.75 Å². The van der Waals surface area contributed by atoms with E-state index >= 15 is 0 Å². The molecule has 122 valence electrons. The fourth-order valence-electron chi connectivity index (χ4n) is 1.75. The van der Waals surface area contributed by atoms with Gasteiger partial charge in [0.05, 0.1) is 10.0 Å². The van der Waals surface area contributed by atoms with E-state index in [-0.39, 0.29) is 18.9 Å². The predicted octanol–water partition coefficient (Wildman–Crippen LogP) is 3.52.